The van der Waals surface area contributed by atoms with E-state index in [4.69, 9.17) is 21.1 Å². The molecule has 3 rings (SSSR count). The van der Waals surface area contributed by atoms with Crippen LogP contribution < -0.4 is 16.3 Å². The molecule has 0 saturated heterocycles. The molecular weight excluding hydrogens is 464 g/mol. The maximum Gasteiger partial charge on any atom is 0.340 e. The number of fused-ring (bicyclic) bond motifs is 1. The fraction of sp³-hybridized carbons (Fsp3) is 0.250. The molecule has 2 amide bonds. The Morgan fingerprint density at radius 2 is 1.79 bits per heavy atom. The Bertz CT molecular complexity index is 1300. The number of phenols is 1. The number of carbonyl (C=O) groups is 3. The van der Waals surface area contributed by atoms with Crippen molar-refractivity contribution in [3.8, 4) is 5.75 Å². The quantitative estimate of drug-likeness (QED) is 0.357. The van der Waals surface area contributed by atoms with Gasteiger partial charge < -0.3 is 25.3 Å². The van der Waals surface area contributed by atoms with E-state index in [1.165, 1.54) is 19.1 Å². The van der Waals surface area contributed by atoms with Crippen molar-refractivity contribution < 1.29 is 29.0 Å². The third-order valence-electron chi connectivity index (χ3n) is 5.36. The zero-order valence-electron chi connectivity index (χ0n) is 18.4. The van der Waals surface area contributed by atoms with Gasteiger partial charge in [-0.3, -0.25) is 14.4 Å². The smallest absolute Gasteiger partial charge is 0.340 e. The van der Waals surface area contributed by atoms with Crippen LogP contribution in [0.3, 0.4) is 0 Å². The third kappa shape index (κ3) is 5.74. The Balaban J connectivity index is 1.85. The number of amides is 2. The van der Waals surface area contributed by atoms with Crippen LogP contribution in [0.15, 0.2) is 51.7 Å². The van der Waals surface area contributed by atoms with Gasteiger partial charge in [0, 0.05) is 17.9 Å². The maximum atomic E-state index is 12.8. The fourth-order valence-electron chi connectivity index (χ4n) is 3.44. The monoisotopic (exact) mass is 486 g/mol. The second kappa shape index (κ2) is 10.4. The number of aliphatic carboxylic acids is 1. The summed E-state index contributed by atoms with van der Waals surface area (Å²) in [5.74, 6) is -2.75. The number of hydrogen-bond donors (Lipinski definition) is 4. The Labute approximate surface area is 199 Å². The average molecular weight is 487 g/mol. The fourth-order valence-corrected chi connectivity index (χ4v) is 3.61. The van der Waals surface area contributed by atoms with Gasteiger partial charge in [-0.05, 0) is 31.0 Å². The van der Waals surface area contributed by atoms with Gasteiger partial charge in [-0.15, -0.1) is 0 Å². The summed E-state index contributed by atoms with van der Waals surface area (Å²) in [7, 11) is 0. The molecule has 1 heterocycles. The molecule has 2 atom stereocenters. The van der Waals surface area contributed by atoms with Crippen LogP contribution in [0.1, 0.15) is 23.6 Å². The highest BCUT2D eigenvalue weighted by molar-refractivity contribution is 6.32. The van der Waals surface area contributed by atoms with Gasteiger partial charge in [-0.2, -0.15) is 0 Å². The van der Waals surface area contributed by atoms with Crippen LogP contribution in [0.25, 0.3) is 11.0 Å². The maximum absolute atomic E-state index is 12.8. The first-order chi connectivity index (χ1) is 16.1. The van der Waals surface area contributed by atoms with Gasteiger partial charge >= 0.3 is 11.6 Å². The molecule has 178 valence electrons. The predicted molar refractivity (Wildman–Crippen MR) is 125 cm³/mol. The minimum absolute atomic E-state index is 0.0620. The summed E-state index contributed by atoms with van der Waals surface area (Å²) >= 11 is 5.97. The van der Waals surface area contributed by atoms with E-state index >= 15 is 0 Å². The number of aromatic hydroxyl groups is 1. The lowest BCUT2D eigenvalue weighted by Gasteiger charge is -2.20. The van der Waals surface area contributed by atoms with Crippen LogP contribution in [0, 0.1) is 6.92 Å². The van der Waals surface area contributed by atoms with Crippen molar-refractivity contribution >= 4 is 40.4 Å². The van der Waals surface area contributed by atoms with E-state index in [1.54, 1.807) is 37.3 Å². The zero-order valence-corrected chi connectivity index (χ0v) is 19.2. The molecule has 2 aromatic carbocycles. The molecule has 0 aliphatic carbocycles. The van der Waals surface area contributed by atoms with Crippen LogP contribution in [0.5, 0.6) is 5.75 Å². The summed E-state index contributed by atoms with van der Waals surface area (Å²) in [6.07, 6.45) is -0.263. The second-order valence-electron chi connectivity index (χ2n) is 7.85. The van der Waals surface area contributed by atoms with Crippen molar-refractivity contribution in [2.24, 2.45) is 0 Å². The molecule has 0 radical (unpaired) electrons. The van der Waals surface area contributed by atoms with Gasteiger partial charge in [0.25, 0.3) is 0 Å². The Morgan fingerprint density at radius 1 is 1.12 bits per heavy atom. The van der Waals surface area contributed by atoms with Gasteiger partial charge in [0.1, 0.15) is 23.4 Å². The summed E-state index contributed by atoms with van der Waals surface area (Å²) in [6.45, 7) is 2.94. The molecule has 3 aromatic rings. The first kappa shape index (κ1) is 24.8. The number of aryl methyl sites for hydroxylation is 1. The molecule has 4 N–H and O–H groups in total. The number of carbonyl (C=O) groups excluding carboxylic acids is 2. The molecule has 0 fully saturated rings. The molecule has 1 aromatic heterocycles. The standard InChI is InChI=1S/C24H23ClN2O7/c1-12-15-9-17(25)19(28)11-20(15)34-24(33)16(12)10-21(29)27-18(8-14-6-4-3-5-7-14)22(30)26-13(2)23(31)32/h3-7,9,11,13,18,28H,8,10H2,1-2H3,(H,26,30)(H,27,29)(H,31,32)/t13-,18-/m0/s1. The molecule has 10 heteroatoms. The van der Waals surface area contributed by atoms with Crippen molar-refractivity contribution in [3.05, 3.63) is 74.6 Å². The van der Waals surface area contributed by atoms with Gasteiger partial charge in [0.05, 0.1) is 17.0 Å². The first-order valence-corrected chi connectivity index (χ1v) is 10.8. The van der Waals surface area contributed by atoms with Crippen molar-refractivity contribution in [2.75, 3.05) is 0 Å². The van der Waals surface area contributed by atoms with Gasteiger partial charge in [0.15, 0.2) is 0 Å². The van der Waals surface area contributed by atoms with E-state index in [9.17, 15) is 24.3 Å². The highest BCUT2D eigenvalue weighted by atomic mass is 35.5. The normalized spacial score (nSPS) is 12.7. The van der Waals surface area contributed by atoms with Crippen LogP contribution in [-0.4, -0.2) is 40.1 Å². The first-order valence-electron chi connectivity index (χ1n) is 10.4. The van der Waals surface area contributed by atoms with E-state index in [0.717, 1.165) is 5.56 Å². The summed E-state index contributed by atoms with van der Waals surface area (Å²) in [5.41, 5.74) is 0.640. The predicted octanol–water partition coefficient (Wildman–Crippen LogP) is 2.32. The van der Waals surface area contributed by atoms with E-state index in [0.29, 0.717) is 10.9 Å². The Kier molecular flexibility index (Phi) is 7.57. The molecule has 34 heavy (non-hydrogen) atoms. The third-order valence-corrected chi connectivity index (χ3v) is 5.66. The number of nitrogens with one attached hydrogen (secondary N) is 2. The molecule has 0 spiro atoms. The van der Waals surface area contributed by atoms with Crippen LogP contribution in [0.2, 0.25) is 5.02 Å². The summed E-state index contributed by atoms with van der Waals surface area (Å²) < 4.78 is 5.24. The van der Waals surface area contributed by atoms with E-state index in [2.05, 4.69) is 10.6 Å². The number of carboxylic acids is 1. The lowest BCUT2D eigenvalue weighted by molar-refractivity contribution is -0.141. The number of halogens is 1. The van der Waals surface area contributed by atoms with Crippen molar-refractivity contribution in [3.63, 3.8) is 0 Å². The van der Waals surface area contributed by atoms with E-state index in [1.807, 2.05) is 0 Å². The molecular formula is C24H23ClN2O7. The number of hydrogen-bond acceptors (Lipinski definition) is 6. The number of benzene rings is 2. The molecule has 0 unspecified atom stereocenters. The molecule has 9 nitrogen and oxygen atoms in total. The lowest BCUT2D eigenvalue weighted by Crippen LogP contribution is -2.52. The average Bonchev–Trinajstić information content (AvgIpc) is 2.78. The number of phenolic OH excluding ortho intramolecular Hbond substituents is 1. The summed E-state index contributed by atoms with van der Waals surface area (Å²) in [4.78, 5) is 49.2. The molecule has 0 aliphatic rings. The van der Waals surface area contributed by atoms with E-state index < -0.39 is 35.5 Å². The summed E-state index contributed by atoms with van der Waals surface area (Å²) in [5, 5.41) is 24.3. The lowest BCUT2D eigenvalue weighted by atomic mass is 10.0. The minimum Gasteiger partial charge on any atom is -0.506 e. The van der Waals surface area contributed by atoms with Crippen LogP contribution in [0.4, 0.5) is 0 Å². The second-order valence-corrected chi connectivity index (χ2v) is 8.26. The van der Waals surface area contributed by atoms with Crippen molar-refractivity contribution in [1.82, 2.24) is 10.6 Å². The largest absolute Gasteiger partial charge is 0.506 e. The molecule has 0 aliphatic heterocycles. The van der Waals surface area contributed by atoms with Gasteiger partial charge in [-0.25, -0.2) is 4.79 Å². The topological polar surface area (TPSA) is 146 Å². The van der Waals surface area contributed by atoms with Crippen molar-refractivity contribution in [2.45, 2.75) is 38.8 Å². The van der Waals surface area contributed by atoms with E-state index in [-0.39, 0.29) is 34.8 Å². The number of carboxylic acid groups (broad SMARTS) is 1. The van der Waals surface area contributed by atoms with Gasteiger partial charge in [-0.1, -0.05) is 41.9 Å². The molecule has 0 bridgehead atoms. The zero-order chi connectivity index (χ0) is 25.0. The SMILES string of the molecule is Cc1c(CC(=O)N[C@@H](Cc2ccccc2)C(=O)N[C@@H](C)C(=O)O)c(=O)oc2cc(O)c(Cl)cc12. The Morgan fingerprint density at radius 3 is 2.44 bits per heavy atom. The highest BCUT2D eigenvalue weighted by Gasteiger charge is 2.25. The van der Waals surface area contributed by atoms with Crippen molar-refractivity contribution in [1.29, 1.82) is 0 Å². The highest BCUT2D eigenvalue weighted by Crippen LogP contribution is 2.30. The van der Waals surface area contributed by atoms with Gasteiger partial charge in [0.2, 0.25) is 11.8 Å². The molecule has 0 saturated carbocycles. The minimum atomic E-state index is -1.22. The number of rotatable bonds is 8. The van der Waals surface area contributed by atoms with Crippen LogP contribution >= 0.6 is 11.6 Å². The Hall–Kier alpha value is -3.85. The van der Waals surface area contributed by atoms with Crippen LogP contribution in [-0.2, 0) is 27.2 Å². The summed E-state index contributed by atoms with van der Waals surface area (Å²) in [6, 6.07) is 9.33.